The first-order chi connectivity index (χ1) is 12.4. The molecular weight excluding hydrogens is 345 g/mol. The Bertz CT molecular complexity index is 692. The summed E-state index contributed by atoms with van der Waals surface area (Å²) in [6.45, 7) is 2.00. The molecule has 0 amide bonds. The van der Waals surface area contributed by atoms with Gasteiger partial charge in [-0.2, -0.15) is 13.2 Å². The minimum atomic E-state index is -4.34. The van der Waals surface area contributed by atoms with Crippen molar-refractivity contribution in [3.05, 3.63) is 59.9 Å². The molecule has 3 rings (SSSR count). The van der Waals surface area contributed by atoms with Crippen LogP contribution in [0.3, 0.4) is 0 Å². The number of hydrogen-bond donors (Lipinski definition) is 1. The van der Waals surface area contributed by atoms with Crippen LogP contribution in [0.2, 0.25) is 0 Å². The first kappa shape index (κ1) is 18.7. The monoisotopic (exact) mass is 366 g/mol. The van der Waals surface area contributed by atoms with Crippen LogP contribution in [0.1, 0.15) is 17.5 Å². The number of benzene rings is 1. The van der Waals surface area contributed by atoms with Gasteiger partial charge in [0.05, 0.1) is 11.7 Å². The van der Waals surface area contributed by atoms with Crippen LogP contribution in [0.25, 0.3) is 0 Å². The predicted octanol–water partition coefficient (Wildman–Crippen LogP) is 3.16. The third-order valence-corrected chi connectivity index (χ3v) is 4.40. The Morgan fingerprint density at radius 2 is 1.85 bits per heavy atom. The quantitative estimate of drug-likeness (QED) is 0.853. The largest absolute Gasteiger partial charge is 0.489 e. The van der Waals surface area contributed by atoms with Crippen molar-refractivity contribution >= 4 is 0 Å². The van der Waals surface area contributed by atoms with Crippen molar-refractivity contribution in [2.45, 2.75) is 31.2 Å². The van der Waals surface area contributed by atoms with E-state index in [0.29, 0.717) is 25.1 Å². The van der Waals surface area contributed by atoms with Crippen molar-refractivity contribution in [3.8, 4) is 5.75 Å². The van der Waals surface area contributed by atoms with E-state index in [1.807, 2.05) is 12.1 Å². The summed E-state index contributed by atoms with van der Waals surface area (Å²) in [5.74, 6) is 0.775. The normalized spacial score (nSPS) is 19.5. The highest BCUT2D eigenvalue weighted by Gasteiger charge is 2.30. The molecule has 26 heavy (non-hydrogen) atoms. The van der Waals surface area contributed by atoms with Crippen molar-refractivity contribution in [3.63, 3.8) is 0 Å². The molecule has 0 bridgehead atoms. The predicted molar refractivity (Wildman–Crippen MR) is 90.9 cm³/mol. The Labute approximate surface area is 150 Å². The Hall–Kier alpha value is -2.12. The number of hydrogen-bond acceptors (Lipinski definition) is 4. The van der Waals surface area contributed by atoms with Gasteiger partial charge < -0.3 is 9.84 Å². The van der Waals surface area contributed by atoms with Crippen LogP contribution in [0, 0.1) is 0 Å². The molecule has 4 nitrogen and oxygen atoms in total. The van der Waals surface area contributed by atoms with Gasteiger partial charge in [0.2, 0.25) is 0 Å². The molecule has 2 heterocycles. The van der Waals surface area contributed by atoms with Gasteiger partial charge in [0, 0.05) is 32.0 Å². The second-order valence-electron chi connectivity index (χ2n) is 6.52. The number of β-amino-alcohol motifs (C(OH)–C–C–N with tert-alkyl or cyclic N) is 1. The highest BCUT2D eigenvalue weighted by atomic mass is 19.4. The summed E-state index contributed by atoms with van der Waals surface area (Å²) in [4.78, 5) is 6.06. The van der Waals surface area contributed by atoms with Gasteiger partial charge in [-0.25, -0.2) is 0 Å². The van der Waals surface area contributed by atoms with Crippen LogP contribution < -0.4 is 4.74 Å². The zero-order valence-electron chi connectivity index (χ0n) is 14.2. The zero-order valence-corrected chi connectivity index (χ0v) is 14.2. The number of aliphatic hydroxyl groups excluding tert-OH is 1. The molecule has 1 aromatic heterocycles. The summed E-state index contributed by atoms with van der Waals surface area (Å²) in [5, 5.41) is 10.3. The molecule has 7 heteroatoms. The number of halogens is 3. The van der Waals surface area contributed by atoms with E-state index >= 15 is 0 Å². The first-order valence-electron chi connectivity index (χ1n) is 8.53. The summed E-state index contributed by atoms with van der Waals surface area (Å²) < 4.78 is 43.6. The second kappa shape index (κ2) is 8.05. The smallest absolute Gasteiger partial charge is 0.416 e. The van der Waals surface area contributed by atoms with Crippen LogP contribution in [-0.4, -0.2) is 46.8 Å². The maximum Gasteiger partial charge on any atom is 0.416 e. The van der Waals surface area contributed by atoms with Crippen LogP contribution >= 0.6 is 0 Å². The minimum absolute atomic E-state index is 0.0654. The van der Waals surface area contributed by atoms with Gasteiger partial charge >= 0.3 is 6.18 Å². The highest BCUT2D eigenvalue weighted by Crippen LogP contribution is 2.29. The summed E-state index contributed by atoms with van der Waals surface area (Å²) in [5.41, 5.74) is 0.0145. The number of aromatic nitrogens is 1. The number of ether oxygens (including phenoxy) is 1. The highest BCUT2D eigenvalue weighted by molar-refractivity contribution is 5.25. The zero-order chi connectivity index (χ0) is 18.6. The van der Waals surface area contributed by atoms with E-state index in [9.17, 15) is 18.3 Å². The van der Waals surface area contributed by atoms with Crippen molar-refractivity contribution in [1.82, 2.24) is 9.88 Å². The maximum atomic E-state index is 12.6. The number of pyridine rings is 1. The number of aliphatic hydroxyl groups is 1. The van der Waals surface area contributed by atoms with Crippen molar-refractivity contribution in [2.75, 3.05) is 19.6 Å². The van der Waals surface area contributed by atoms with E-state index in [4.69, 9.17) is 4.74 Å². The molecule has 1 N–H and O–H groups in total. The topological polar surface area (TPSA) is 45.6 Å². The molecule has 2 atom stereocenters. The molecular formula is C19H21F3N2O2. The minimum Gasteiger partial charge on any atom is -0.489 e. The lowest BCUT2D eigenvalue weighted by atomic mass is 10.1. The maximum absolute atomic E-state index is 12.6. The molecule has 0 spiro atoms. The molecule has 0 radical (unpaired) electrons. The standard InChI is InChI=1S/C19H21F3N2O2/c20-19(21,22)15-3-1-14(2-4-15)11-16(25)12-24-10-7-18(13-24)26-17-5-8-23-9-6-17/h1-6,8-9,16,18,25H,7,10-13H2. The van der Waals surface area contributed by atoms with Gasteiger partial charge in [-0.05, 0) is 42.7 Å². The molecule has 1 aromatic carbocycles. The number of likely N-dealkylation sites (tertiary alicyclic amines) is 1. The summed E-state index contributed by atoms with van der Waals surface area (Å²) in [6.07, 6.45) is -0.357. The molecule has 2 aromatic rings. The van der Waals surface area contributed by atoms with Crippen LogP contribution in [-0.2, 0) is 12.6 Å². The molecule has 2 unspecified atom stereocenters. The molecule has 0 aliphatic carbocycles. The van der Waals surface area contributed by atoms with Gasteiger partial charge in [0.25, 0.3) is 0 Å². The van der Waals surface area contributed by atoms with Gasteiger partial charge in [-0.3, -0.25) is 9.88 Å². The van der Waals surface area contributed by atoms with Gasteiger partial charge in [-0.1, -0.05) is 12.1 Å². The summed E-state index contributed by atoms with van der Waals surface area (Å²) in [7, 11) is 0. The SMILES string of the molecule is OC(Cc1ccc(C(F)(F)F)cc1)CN1CCC(Oc2ccncc2)C1. The third-order valence-electron chi connectivity index (χ3n) is 4.40. The molecule has 1 aliphatic rings. The number of rotatable bonds is 6. The average Bonchev–Trinajstić information content (AvgIpc) is 3.02. The van der Waals surface area contributed by atoms with Crippen LogP contribution in [0.4, 0.5) is 13.2 Å². The Balaban J connectivity index is 1.46. The molecule has 1 aliphatic heterocycles. The molecule has 1 saturated heterocycles. The lowest BCUT2D eigenvalue weighted by molar-refractivity contribution is -0.137. The van der Waals surface area contributed by atoms with E-state index in [1.165, 1.54) is 12.1 Å². The Morgan fingerprint density at radius 1 is 1.15 bits per heavy atom. The van der Waals surface area contributed by atoms with Crippen molar-refractivity contribution < 1.29 is 23.0 Å². The fourth-order valence-corrected chi connectivity index (χ4v) is 3.13. The molecule has 0 saturated carbocycles. The van der Waals surface area contributed by atoms with Gasteiger partial charge in [0.15, 0.2) is 0 Å². The molecule has 1 fully saturated rings. The van der Waals surface area contributed by atoms with Crippen LogP contribution in [0.5, 0.6) is 5.75 Å². The van der Waals surface area contributed by atoms with E-state index in [2.05, 4.69) is 9.88 Å². The molecule has 140 valence electrons. The Morgan fingerprint density at radius 3 is 2.50 bits per heavy atom. The fraction of sp³-hybridized carbons (Fsp3) is 0.421. The van der Waals surface area contributed by atoms with E-state index in [1.54, 1.807) is 12.4 Å². The fourth-order valence-electron chi connectivity index (χ4n) is 3.13. The van der Waals surface area contributed by atoms with Crippen LogP contribution in [0.15, 0.2) is 48.8 Å². The lowest BCUT2D eigenvalue weighted by Gasteiger charge is -2.20. The number of alkyl halides is 3. The van der Waals surface area contributed by atoms with E-state index < -0.39 is 17.8 Å². The third kappa shape index (κ3) is 5.19. The van der Waals surface area contributed by atoms with Crippen molar-refractivity contribution in [2.24, 2.45) is 0 Å². The van der Waals surface area contributed by atoms with Crippen molar-refractivity contribution in [1.29, 1.82) is 0 Å². The first-order valence-corrected chi connectivity index (χ1v) is 8.53. The van der Waals surface area contributed by atoms with E-state index in [0.717, 1.165) is 30.8 Å². The van der Waals surface area contributed by atoms with Gasteiger partial charge in [-0.15, -0.1) is 0 Å². The summed E-state index contributed by atoms with van der Waals surface area (Å²) >= 11 is 0. The second-order valence-corrected chi connectivity index (χ2v) is 6.52. The number of nitrogens with zero attached hydrogens (tertiary/aromatic N) is 2. The van der Waals surface area contributed by atoms with Gasteiger partial charge in [0.1, 0.15) is 11.9 Å². The lowest BCUT2D eigenvalue weighted by Crippen LogP contribution is -2.33. The Kier molecular flexibility index (Phi) is 5.78. The average molecular weight is 366 g/mol. The van der Waals surface area contributed by atoms with E-state index in [-0.39, 0.29) is 6.10 Å². The summed E-state index contributed by atoms with van der Waals surface area (Å²) in [6, 6.07) is 8.56.